The summed E-state index contributed by atoms with van der Waals surface area (Å²) in [6.07, 6.45) is 0. The SMILES string of the molecule is Cc1csc[n+]1Cc1c(F)c(F)c(F)c(F)c1F. The first-order chi connectivity index (χ1) is 8.43. The monoisotopic (exact) mass is 280 g/mol. The number of hydrogen-bond donors (Lipinski definition) is 0. The molecule has 2 rings (SSSR count). The summed E-state index contributed by atoms with van der Waals surface area (Å²) in [5, 5.41) is 1.70. The van der Waals surface area contributed by atoms with Gasteiger partial charge in [0.1, 0.15) is 0 Å². The first-order valence-corrected chi connectivity index (χ1v) is 5.80. The summed E-state index contributed by atoms with van der Waals surface area (Å²) < 4.78 is 66.9. The predicted molar refractivity (Wildman–Crippen MR) is 54.6 cm³/mol. The summed E-state index contributed by atoms with van der Waals surface area (Å²) in [6, 6.07) is 0. The van der Waals surface area contributed by atoms with Crippen molar-refractivity contribution in [2.45, 2.75) is 13.5 Å². The van der Waals surface area contributed by atoms with Gasteiger partial charge in [-0.25, -0.2) is 22.0 Å². The molecule has 0 aliphatic heterocycles. The number of thiazole rings is 1. The van der Waals surface area contributed by atoms with Gasteiger partial charge in [-0.15, -0.1) is 0 Å². The maximum Gasteiger partial charge on any atom is 0.225 e. The first kappa shape index (κ1) is 12.9. The van der Waals surface area contributed by atoms with Crippen LogP contribution >= 0.6 is 11.3 Å². The fraction of sp³-hybridized carbons (Fsp3) is 0.182. The second kappa shape index (κ2) is 4.64. The molecule has 1 aromatic carbocycles. The van der Waals surface area contributed by atoms with Crippen molar-refractivity contribution in [2.75, 3.05) is 0 Å². The maximum absolute atomic E-state index is 13.4. The Morgan fingerprint density at radius 3 is 1.89 bits per heavy atom. The zero-order valence-corrected chi connectivity index (χ0v) is 9.92. The van der Waals surface area contributed by atoms with Crippen LogP contribution in [0.4, 0.5) is 22.0 Å². The highest BCUT2D eigenvalue weighted by Crippen LogP contribution is 2.22. The molecule has 0 aliphatic rings. The third kappa shape index (κ3) is 1.98. The zero-order valence-electron chi connectivity index (χ0n) is 9.11. The number of hydrogen-bond acceptors (Lipinski definition) is 1. The number of halogens is 5. The van der Waals surface area contributed by atoms with E-state index in [0.29, 0.717) is 5.69 Å². The second-order valence-corrected chi connectivity index (χ2v) is 4.40. The van der Waals surface area contributed by atoms with Gasteiger partial charge in [0.05, 0.1) is 10.9 Å². The molecule has 0 radical (unpaired) electrons. The van der Waals surface area contributed by atoms with Crippen LogP contribution in [-0.2, 0) is 6.54 Å². The van der Waals surface area contributed by atoms with Gasteiger partial charge in [-0.1, -0.05) is 11.3 Å². The molecule has 1 heterocycles. The maximum atomic E-state index is 13.4. The van der Waals surface area contributed by atoms with Crippen molar-refractivity contribution in [3.05, 3.63) is 51.2 Å². The van der Waals surface area contributed by atoms with Gasteiger partial charge < -0.3 is 0 Å². The average molecular weight is 280 g/mol. The lowest BCUT2D eigenvalue weighted by Crippen LogP contribution is -2.35. The van der Waals surface area contributed by atoms with E-state index in [0.717, 1.165) is 0 Å². The number of aryl methyl sites for hydroxylation is 1. The first-order valence-electron chi connectivity index (χ1n) is 4.86. The van der Waals surface area contributed by atoms with Crippen LogP contribution in [0.1, 0.15) is 11.3 Å². The molecule has 0 amide bonds. The van der Waals surface area contributed by atoms with E-state index >= 15 is 0 Å². The molecule has 96 valence electrons. The van der Waals surface area contributed by atoms with E-state index in [9.17, 15) is 22.0 Å². The van der Waals surface area contributed by atoms with E-state index in [1.807, 2.05) is 0 Å². The Morgan fingerprint density at radius 2 is 1.44 bits per heavy atom. The number of benzene rings is 1. The van der Waals surface area contributed by atoms with Crippen LogP contribution in [-0.4, -0.2) is 0 Å². The van der Waals surface area contributed by atoms with Crippen molar-refractivity contribution in [2.24, 2.45) is 0 Å². The smallest absolute Gasteiger partial charge is 0.203 e. The van der Waals surface area contributed by atoms with Gasteiger partial charge in [0.2, 0.25) is 11.3 Å². The van der Waals surface area contributed by atoms with Gasteiger partial charge in [-0.3, -0.25) is 0 Å². The minimum Gasteiger partial charge on any atom is -0.203 e. The highest BCUT2D eigenvalue weighted by molar-refractivity contribution is 7.07. The zero-order chi connectivity index (χ0) is 13.4. The van der Waals surface area contributed by atoms with Crippen molar-refractivity contribution in [1.82, 2.24) is 0 Å². The number of nitrogens with zero attached hydrogens (tertiary/aromatic N) is 1. The van der Waals surface area contributed by atoms with E-state index in [-0.39, 0.29) is 0 Å². The molecule has 0 bridgehead atoms. The molecule has 0 saturated heterocycles. The van der Waals surface area contributed by atoms with Gasteiger partial charge >= 0.3 is 0 Å². The summed E-state index contributed by atoms with van der Waals surface area (Å²) in [6.45, 7) is 1.27. The third-order valence-electron chi connectivity index (χ3n) is 2.51. The topological polar surface area (TPSA) is 3.88 Å². The lowest BCUT2D eigenvalue weighted by atomic mass is 10.1. The van der Waals surface area contributed by atoms with Crippen molar-refractivity contribution >= 4 is 11.3 Å². The normalized spacial score (nSPS) is 11.0. The molecule has 0 fully saturated rings. The third-order valence-corrected chi connectivity index (χ3v) is 3.36. The lowest BCUT2D eigenvalue weighted by Gasteiger charge is -2.05. The van der Waals surface area contributed by atoms with Gasteiger partial charge in [0.25, 0.3) is 0 Å². The van der Waals surface area contributed by atoms with Crippen LogP contribution in [0.5, 0.6) is 0 Å². The van der Waals surface area contributed by atoms with E-state index < -0.39 is 41.2 Å². The van der Waals surface area contributed by atoms with Crippen LogP contribution in [0.2, 0.25) is 0 Å². The molecule has 0 saturated carbocycles. The molecule has 2 aromatic rings. The average Bonchev–Trinajstić information content (AvgIpc) is 2.75. The molecule has 0 aliphatic carbocycles. The molecule has 7 heteroatoms. The summed E-state index contributed by atoms with van der Waals surface area (Å²) >= 11 is 1.27. The fourth-order valence-corrected chi connectivity index (χ4v) is 2.26. The van der Waals surface area contributed by atoms with Gasteiger partial charge in [0, 0.05) is 6.92 Å². The van der Waals surface area contributed by atoms with Crippen molar-refractivity contribution < 1.29 is 26.5 Å². The second-order valence-electron chi connectivity index (χ2n) is 3.68. The summed E-state index contributed by atoms with van der Waals surface area (Å²) in [7, 11) is 0. The van der Waals surface area contributed by atoms with Gasteiger partial charge in [0.15, 0.2) is 35.5 Å². The Kier molecular flexibility index (Phi) is 3.34. The Labute approximate surface area is 103 Å². The van der Waals surface area contributed by atoms with Crippen LogP contribution in [0.3, 0.4) is 0 Å². The predicted octanol–water partition coefficient (Wildman–Crippen LogP) is 3.09. The number of aromatic nitrogens is 1. The minimum atomic E-state index is -2.14. The highest BCUT2D eigenvalue weighted by atomic mass is 32.1. The molecule has 0 spiro atoms. The molecular formula is C11H7F5NS+. The Balaban J connectivity index is 2.55. The molecule has 1 aromatic heterocycles. The van der Waals surface area contributed by atoms with Crippen LogP contribution < -0.4 is 4.57 Å². The largest absolute Gasteiger partial charge is 0.225 e. The van der Waals surface area contributed by atoms with Crippen LogP contribution in [0.25, 0.3) is 0 Å². The standard InChI is InChI=1S/C11H7F5NS/c1-5-3-18-4-17(5)2-6-7(12)9(14)11(16)10(15)8(6)13/h3-4H,2H2,1H3/q+1. The molecular weight excluding hydrogens is 273 g/mol. The number of rotatable bonds is 2. The Bertz CT molecular complexity index is 579. The van der Waals surface area contributed by atoms with E-state index in [2.05, 4.69) is 0 Å². The Morgan fingerprint density at radius 1 is 0.944 bits per heavy atom. The van der Waals surface area contributed by atoms with Crippen molar-refractivity contribution in [3.8, 4) is 0 Å². The van der Waals surface area contributed by atoms with Gasteiger partial charge in [-0.2, -0.15) is 4.57 Å². The Hall–Kier alpha value is -1.50. The molecule has 18 heavy (non-hydrogen) atoms. The quantitative estimate of drug-likeness (QED) is 0.344. The van der Waals surface area contributed by atoms with Gasteiger partial charge in [-0.05, 0) is 0 Å². The molecule has 0 N–H and O–H groups in total. The van der Waals surface area contributed by atoms with E-state index in [1.165, 1.54) is 21.4 Å². The van der Waals surface area contributed by atoms with Crippen molar-refractivity contribution in [1.29, 1.82) is 0 Å². The summed E-state index contributed by atoms with van der Waals surface area (Å²) in [5.74, 6) is -9.55. The summed E-state index contributed by atoms with van der Waals surface area (Å²) in [5.41, 5.74) is 1.37. The summed E-state index contributed by atoms with van der Waals surface area (Å²) in [4.78, 5) is 0. The molecule has 1 nitrogen and oxygen atoms in total. The van der Waals surface area contributed by atoms with E-state index in [4.69, 9.17) is 0 Å². The molecule has 0 unspecified atom stereocenters. The van der Waals surface area contributed by atoms with Crippen molar-refractivity contribution in [3.63, 3.8) is 0 Å². The minimum absolute atomic E-state index is 0.402. The van der Waals surface area contributed by atoms with Crippen LogP contribution in [0, 0.1) is 36.0 Å². The highest BCUT2D eigenvalue weighted by Gasteiger charge is 2.28. The van der Waals surface area contributed by atoms with Crippen LogP contribution in [0.15, 0.2) is 10.9 Å². The molecule has 0 atom stereocenters. The van der Waals surface area contributed by atoms with E-state index in [1.54, 1.807) is 12.3 Å². The lowest BCUT2D eigenvalue weighted by molar-refractivity contribution is -0.689. The fourth-order valence-electron chi connectivity index (χ4n) is 1.47.